The van der Waals surface area contributed by atoms with Crippen molar-refractivity contribution in [2.75, 3.05) is 0 Å². The summed E-state index contributed by atoms with van der Waals surface area (Å²) in [6.45, 7) is -0.0243. The average Bonchev–Trinajstić information content (AvgIpc) is 2.27. The van der Waals surface area contributed by atoms with E-state index in [1.165, 1.54) is 6.92 Å². The monoisotopic (exact) mass is 207 g/mol. The molecule has 0 unspecified atom stereocenters. The van der Waals surface area contributed by atoms with Gasteiger partial charge in [0.1, 0.15) is 6.54 Å². The second-order valence-electron chi connectivity index (χ2n) is 2.73. The van der Waals surface area contributed by atoms with E-state index in [0.29, 0.717) is 4.68 Å². The Bertz CT molecular complexity index is 356. The van der Waals surface area contributed by atoms with Crippen LogP contribution in [0.3, 0.4) is 0 Å². The van der Waals surface area contributed by atoms with Crippen molar-refractivity contribution in [1.82, 2.24) is 9.78 Å². The zero-order chi connectivity index (χ0) is 10.9. The van der Waals surface area contributed by atoms with Crippen LogP contribution in [0, 0.1) is 6.92 Å². The number of aryl methyl sites for hydroxylation is 1. The van der Waals surface area contributed by atoms with Gasteiger partial charge in [-0.15, -0.1) is 0 Å². The van der Waals surface area contributed by atoms with Gasteiger partial charge in [-0.05, 0) is 13.0 Å². The Kier molecular flexibility index (Phi) is 2.50. The molecule has 78 valence electrons. The lowest BCUT2D eigenvalue weighted by atomic mass is 10.4. The van der Waals surface area contributed by atoms with Gasteiger partial charge in [0.15, 0.2) is 0 Å². The summed E-state index contributed by atoms with van der Waals surface area (Å²) < 4.78 is 36.1. The van der Waals surface area contributed by atoms with Gasteiger partial charge in [-0.1, -0.05) is 0 Å². The Hall–Kier alpha value is -1.53. The number of hydrogen-bond donors (Lipinski definition) is 0. The molecule has 0 amide bonds. The average molecular weight is 207 g/mol. The summed E-state index contributed by atoms with van der Waals surface area (Å²) in [6, 6.07) is 1.03. The maximum atomic E-state index is 11.9. The summed E-state index contributed by atoms with van der Waals surface area (Å²) >= 11 is 0. The standard InChI is InChI=1S/C7H7F3N2O2/c1-4-2-5(6(13)14)12(11-4)3-7(8,9)10/h2H,3H2,1H3,(H,13,14)/p-1. The Balaban J connectivity index is 3.02. The molecule has 0 saturated heterocycles. The molecule has 0 spiro atoms. The van der Waals surface area contributed by atoms with Crippen LogP contribution in [0.25, 0.3) is 0 Å². The predicted molar refractivity (Wildman–Crippen MR) is 37.3 cm³/mol. The first-order valence-corrected chi connectivity index (χ1v) is 3.62. The molecule has 14 heavy (non-hydrogen) atoms. The van der Waals surface area contributed by atoms with Crippen LogP contribution in [0.2, 0.25) is 0 Å². The van der Waals surface area contributed by atoms with Gasteiger partial charge in [-0.2, -0.15) is 18.3 Å². The molecular formula is C7H6F3N2O2-. The molecule has 1 aromatic heterocycles. The number of carbonyl (C=O) groups excluding carboxylic acids is 1. The maximum Gasteiger partial charge on any atom is 0.408 e. The number of aromatic carboxylic acids is 1. The van der Waals surface area contributed by atoms with Crippen LogP contribution in [-0.2, 0) is 6.54 Å². The van der Waals surface area contributed by atoms with Crippen molar-refractivity contribution in [3.63, 3.8) is 0 Å². The third-order valence-corrected chi connectivity index (χ3v) is 1.44. The van der Waals surface area contributed by atoms with Gasteiger partial charge in [0.2, 0.25) is 0 Å². The zero-order valence-corrected chi connectivity index (χ0v) is 7.13. The predicted octanol–water partition coefficient (Wildman–Crippen LogP) is 0.117. The third-order valence-electron chi connectivity index (χ3n) is 1.44. The number of carbonyl (C=O) groups is 1. The van der Waals surface area contributed by atoms with E-state index < -0.39 is 24.4 Å². The molecule has 0 N–H and O–H groups in total. The molecule has 0 bridgehead atoms. The number of hydrogen-bond acceptors (Lipinski definition) is 3. The lowest BCUT2D eigenvalue weighted by Gasteiger charge is -2.10. The summed E-state index contributed by atoms with van der Waals surface area (Å²) in [4.78, 5) is 10.4. The van der Waals surface area contributed by atoms with E-state index in [2.05, 4.69) is 5.10 Å². The van der Waals surface area contributed by atoms with Gasteiger partial charge in [-0.25, -0.2) is 0 Å². The minimum absolute atomic E-state index is 0.202. The number of alkyl halides is 3. The topological polar surface area (TPSA) is 57.9 Å². The summed E-state index contributed by atoms with van der Waals surface area (Å²) in [5, 5.41) is 13.8. The Morgan fingerprint density at radius 3 is 2.64 bits per heavy atom. The minimum Gasteiger partial charge on any atom is -0.543 e. The zero-order valence-electron chi connectivity index (χ0n) is 7.13. The van der Waals surface area contributed by atoms with E-state index in [1.807, 2.05) is 0 Å². The molecule has 0 aliphatic carbocycles. The van der Waals surface area contributed by atoms with Gasteiger partial charge in [0.05, 0.1) is 17.4 Å². The van der Waals surface area contributed by atoms with Crippen LogP contribution in [0.4, 0.5) is 13.2 Å². The molecule has 0 aliphatic rings. The molecule has 1 heterocycles. The highest BCUT2D eigenvalue weighted by molar-refractivity contribution is 5.83. The number of halogens is 3. The van der Waals surface area contributed by atoms with Gasteiger partial charge in [0, 0.05) is 0 Å². The molecule has 7 heteroatoms. The van der Waals surface area contributed by atoms with E-state index >= 15 is 0 Å². The van der Waals surface area contributed by atoms with Crippen LogP contribution in [0.15, 0.2) is 6.07 Å². The second-order valence-corrected chi connectivity index (χ2v) is 2.73. The summed E-state index contributed by atoms with van der Waals surface area (Å²) in [7, 11) is 0. The fourth-order valence-corrected chi connectivity index (χ4v) is 1.00. The molecular weight excluding hydrogens is 201 g/mol. The Morgan fingerprint density at radius 1 is 1.64 bits per heavy atom. The molecule has 0 saturated carbocycles. The highest BCUT2D eigenvalue weighted by atomic mass is 19.4. The molecule has 1 aromatic rings. The lowest BCUT2D eigenvalue weighted by Crippen LogP contribution is -2.29. The van der Waals surface area contributed by atoms with Crippen LogP contribution < -0.4 is 5.11 Å². The maximum absolute atomic E-state index is 11.9. The first kappa shape index (κ1) is 10.6. The van der Waals surface area contributed by atoms with Crippen LogP contribution in [0.1, 0.15) is 16.2 Å². The number of nitrogens with zero attached hydrogens (tertiary/aromatic N) is 2. The van der Waals surface area contributed by atoms with Crippen LogP contribution in [0.5, 0.6) is 0 Å². The van der Waals surface area contributed by atoms with Crippen molar-refractivity contribution >= 4 is 5.97 Å². The number of rotatable bonds is 2. The van der Waals surface area contributed by atoms with Gasteiger partial charge >= 0.3 is 6.18 Å². The van der Waals surface area contributed by atoms with Crippen molar-refractivity contribution in [3.8, 4) is 0 Å². The summed E-state index contributed by atoms with van der Waals surface area (Å²) in [5.41, 5.74) is -0.367. The lowest BCUT2D eigenvalue weighted by molar-refractivity contribution is -0.256. The van der Waals surface area contributed by atoms with Crippen molar-refractivity contribution in [1.29, 1.82) is 0 Å². The number of carboxylic acids is 1. The molecule has 0 fully saturated rings. The molecule has 0 atom stereocenters. The van der Waals surface area contributed by atoms with E-state index in [0.717, 1.165) is 6.07 Å². The fourth-order valence-electron chi connectivity index (χ4n) is 1.00. The van der Waals surface area contributed by atoms with Crippen molar-refractivity contribution in [2.45, 2.75) is 19.6 Å². The van der Waals surface area contributed by atoms with Gasteiger partial charge in [-0.3, -0.25) is 4.68 Å². The number of aromatic nitrogens is 2. The van der Waals surface area contributed by atoms with E-state index in [9.17, 15) is 23.1 Å². The van der Waals surface area contributed by atoms with E-state index in [4.69, 9.17) is 0 Å². The molecule has 4 nitrogen and oxygen atoms in total. The van der Waals surface area contributed by atoms with Crippen molar-refractivity contribution in [2.24, 2.45) is 0 Å². The second kappa shape index (κ2) is 3.32. The Morgan fingerprint density at radius 2 is 2.21 bits per heavy atom. The minimum atomic E-state index is -4.50. The molecule has 0 aromatic carbocycles. The van der Waals surface area contributed by atoms with Gasteiger partial charge in [0.25, 0.3) is 0 Å². The number of carboxylic acid groups (broad SMARTS) is 1. The first-order valence-electron chi connectivity index (χ1n) is 3.62. The smallest absolute Gasteiger partial charge is 0.408 e. The highest BCUT2D eigenvalue weighted by Crippen LogP contribution is 2.18. The van der Waals surface area contributed by atoms with Crippen LogP contribution >= 0.6 is 0 Å². The SMILES string of the molecule is Cc1cc(C(=O)[O-])n(CC(F)(F)F)n1. The molecule has 0 aliphatic heterocycles. The summed E-state index contributed by atoms with van der Waals surface area (Å²) in [6.07, 6.45) is -4.50. The molecule has 0 radical (unpaired) electrons. The highest BCUT2D eigenvalue weighted by Gasteiger charge is 2.29. The largest absolute Gasteiger partial charge is 0.543 e. The Labute approximate surface area is 77.0 Å². The fraction of sp³-hybridized carbons (Fsp3) is 0.429. The van der Waals surface area contributed by atoms with Crippen LogP contribution in [-0.4, -0.2) is 21.9 Å². The third kappa shape index (κ3) is 2.48. The van der Waals surface area contributed by atoms with E-state index in [1.54, 1.807) is 0 Å². The normalized spacial score (nSPS) is 11.7. The van der Waals surface area contributed by atoms with Crippen molar-refractivity contribution < 1.29 is 23.1 Å². The molecule has 1 rings (SSSR count). The van der Waals surface area contributed by atoms with Gasteiger partial charge < -0.3 is 9.90 Å². The van der Waals surface area contributed by atoms with E-state index in [-0.39, 0.29) is 5.69 Å². The first-order chi connectivity index (χ1) is 6.29. The summed E-state index contributed by atoms with van der Waals surface area (Å²) in [5.74, 6) is -1.67. The van der Waals surface area contributed by atoms with Crippen molar-refractivity contribution in [3.05, 3.63) is 17.5 Å². The quantitative estimate of drug-likeness (QED) is 0.691.